The molecule has 0 aromatic carbocycles. The van der Waals surface area contributed by atoms with E-state index in [0.717, 1.165) is 5.01 Å². The molecule has 0 aliphatic carbocycles. The van der Waals surface area contributed by atoms with E-state index in [4.69, 9.17) is 0 Å². The zero-order chi connectivity index (χ0) is 10.7. The van der Waals surface area contributed by atoms with Gasteiger partial charge < -0.3 is 4.90 Å². The van der Waals surface area contributed by atoms with Crippen molar-refractivity contribution in [2.24, 2.45) is 0 Å². The quantitative estimate of drug-likeness (QED) is 0.748. The average molecular weight is 223 g/mol. The largest absolute Gasteiger partial charge is 0.353 e. The van der Waals surface area contributed by atoms with Gasteiger partial charge in [-0.2, -0.15) is 4.39 Å². The van der Waals surface area contributed by atoms with Crippen molar-refractivity contribution in [3.8, 4) is 0 Å². The standard InChI is InChI=1S/C10H10FN3S/c1-14(7-10-12-5-6-15-10)9-4-2-3-8(11)13-9/h2-6H,7H2,1H3. The predicted octanol–water partition coefficient (Wildman–Crippen LogP) is 2.31. The number of thiazole rings is 1. The molecule has 0 radical (unpaired) electrons. The first-order chi connectivity index (χ1) is 7.25. The Kier molecular flexibility index (Phi) is 2.91. The lowest BCUT2D eigenvalue weighted by atomic mass is 10.4. The smallest absolute Gasteiger partial charge is 0.214 e. The summed E-state index contributed by atoms with van der Waals surface area (Å²) in [5.41, 5.74) is 0. The molecular weight excluding hydrogens is 213 g/mol. The number of hydrogen-bond donors (Lipinski definition) is 0. The average Bonchev–Trinajstić information content (AvgIpc) is 2.70. The normalized spacial score (nSPS) is 10.3. The first kappa shape index (κ1) is 10.0. The van der Waals surface area contributed by atoms with E-state index in [1.807, 2.05) is 17.3 Å². The summed E-state index contributed by atoms with van der Waals surface area (Å²) in [7, 11) is 1.86. The Hall–Kier alpha value is -1.49. The molecule has 0 aliphatic heterocycles. The van der Waals surface area contributed by atoms with Crippen LogP contribution in [0.4, 0.5) is 10.2 Å². The molecule has 0 amide bonds. The highest BCUT2D eigenvalue weighted by Gasteiger charge is 2.05. The number of halogens is 1. The Labute approximate surface area is 91.2 Å². The third-order valence-electron chi connectivity index (χ3n) is 1.95. The molecule has 5 heteroatoms. The molecule has 2 rings (SSSR count). The van der Waals surface area contributed by atoms with Crippen LogP contribution in [0, 0.1) is 5.95 Å². The zero-order valence-corrected chi connectivity index (χ0v) is 9.04. The molecule has 0 aliphatic rings. The Morgan fingerprint density at radius 2 is 2.33 bits per heavy atom. The van der Waals surface area contributed by atoms with Crippen LogP contribution in [-0.4, -0.2) is 17.0 Å². The Bertz CT molecular complexity index is 430. The zero-order valence-electron chi connectivity index (χ0n) is 8.22. The van der Waals surface area contributed by atoms with Gasteiger partial charge in [0.05, 0.1) is 6.54 Å². The van der Waals surface area contributed by atoms with Gasteiger partial charge in [-0.15, -0.1) is 11.3 Å². The van der Waals surface area contributed by atoms with Crippen molar-refractivity contribution < 1.29 is 4.39 Å². The molecule has 2 aromatic heterocycles. The van der Waals surface area contributed by atoms with E-state index < -0.39 is 5.95 Å². The topological polar surface area (TPSA) is 29.0 Å². The maximum absolute atomic E-state index is 12.9. The molecule has 0 atom stereocenters. The van der Waals surface area contributed by atoms with Gasteiger partial charge in [0.25, 0.3) is 0 Å². The van der Waals surface area contributed by atoms with Gasteiger partial charge >= 0.3 is 0 Å². The molecule has 0 saturated carbocycles. The lowest BCUT2D eigenvalue weighted by molar-refractivity contribution is 0.582. The summed E-state index contributed by atoms with van der Waals surface area (Å²) < 4.78 is 12.9. The minimum atomic E-state index is -0.460. The van der Waals surface area contributed by atoms with Crippen molar-refractivity contribution in [2.75, 3.05) is 11.9 Å². The summed E-state index contributed by atoms with van der Waals surface area (Å²) in [6.45, 7) is 0.647. The molecule has 3 nitrogen and oxygen atoms in total. The molecule has 15 heavy (non-hydrogen) atoms. The monoisotopic (exact) mass is 223 g/mol. The molecule has 2 heterocycles. The predicted molar refractivity (Wildman–Crippen MR) is 58.4 cm³/mol. The van der Waals surface area contributed by atoms with Crippen molar-refractivity contribution in [2.45, 2.75) is 6.54 Å². The van der Waals surface area contributed by atoms with E-state index in [0.29, 0.717) is 12.4 Å². The maximum Gasteiger partial charge on any atom is 0.214 e. The fraction of sp³-hybridized carbons (Fsp3) is 0.200. The van der Waals surface area contributed by atoms with E-state index in [2.05, 4.69) is 9.97 Å². The third kappa shape index (κ3) is 2.50. The number of aromatic nitrogens is 2. The number of rotatable bonds is 3. The van der Waals surface area contributed by atoms with Crippen LogP contribution in [0.25, 0.3) is 0 Å². The second-order valence-electron chi connectivity index (χ2n) is 3.10. The highest BCUT2D eigenvalue weighted by atomic mass is 32.1. The van der Waals surface area contributed by atoms with E-state index in [1.165, 1.54) is 6.07 Å². The SMILES string of the molecule is CN(Cc1nccs1)c1cccc(F)n1. The fourth-order valence-corrected chi connectivity index (χ4v) is 1.89. The van der Waals surface area contributed by atoms with Crippen molar-refractivity contribution in [1.82, 2.24) is 9.97 Å². The summed E-state index contributed by atoms with van der Waals surface area (Å²) in [4.78, 5) is 9.81. The molecule has 0 N–H and O–H groups in total. The van der Waals surface area contributed by atoms with E-state index in [-0.39, 0.29) is 0 Å². The van der Waals surface area contributed by atoms with E-state index in [1.54, 1.807) is 29.7 Å². The van der Waals surface area contributed by atoms with Gasteiger partial charge in [0.1, 0.15) is 10.8 Å². The van der Waals surface area contributed by atoms with Crippen molar-refractivity contribution >= 4 is 17.2 Å². The van der Waals surface area contributed by atoms with Gasteiger partial charge in [-0.1, -0.05) is 6.07 Å². The van der Waals surface area contributed by atoms with Crippen LogP contribution in [0.5, 0.6) is 0 Å². The highest BCUT2D eigenvalue weighted by Crippen LogP contribution is 2.13. The minimum Gasteiger partial charge on any atom is -0.353 e. The van der Waals surface area contributed by atoms with Crippen molar-refractivity contribution in [1.29, 1.82) is 0 Å². The molecule has 0 spiro atoms. The highest BCUT2D eigenvalue weighted by molar-refractivity contribution is 7.09. The first-order valence-electron chi connectivity index (χ1n) is 4.48. The van der Waals surface area contributed by atoms with Crippen molar-refractivity contribution in [3.05, 3.63) is 40.7 Å². The molecule has 0 bridgehead atoms. The molecule has 0 fully saturated rings. The van der Waals surface area contributed by atoms with Crippen LogP contribution in [0.15, 0.2) is 29.8 Å². The lowest BCUT2D eigenvalue weighted by Gasteiger charge is -2.16. The number of nitrogens with zero attached hydrogens (tertiary/aromatic N) is 3. The summed E-state index contributed by atoms with van der Waals surface area (Å²) >= 11 is 1.58. The Balaban J connectivity index is 2.11. The Morgan fingerprint density at radius 3 is 3.00 bits per heavy atom. The molecular formula is C10H10FN3S. The molecule has 0 saturated heterocycles. The van der Waals surface area contributed by atoms with Crippen LogP contribution in [-0.2, 0) is 6.54 Å². The summed E-state index contributed by atoms with van der Waals surface area (Å²) in [6, 6.07) is 4.76. The van der Waals surface area contributed by atoms with Gasteiger partial charge in [0.2, 0.25) is 5.95 Å². The van der Waals surface area contributed by atoms with E-state index >= 15 is 0 Å². The Morgan fingerprint density at radius 1 is 1.47 bits per heavy atom. The van der Waals surface area contributed by atoms with Gasteiger partial charge in [0, 0.05) is 18.6 Å². The second kappa shape index (κ2) is 4.35. The fourth-order valence-electron chi connectivity index (χ4n) is 1.23. The molecule has 0 unspecified atom stereocenters. The van der Waals surface area contributed by atoms with Gasteiger partial charge in [0.15, 0.2) is 0 Å². The number of anilines is 1. The molecule has 78 valence electrons. The summed E-state index contributed by atoms with van der Waals surface area (Å²) in [6.07, 6.45) is 1.76. The van der Waals surface area contributed by atoms with Crippen LogP contribution in [0.3, 0.4) is 0 Å². The maximum atomic E-state index is 12.9. The van der Waals surface area contributed by atoms with Crippen LogP contribution >= 0.6 is 11.3 Å². The summed E-state index contributed by atoms with van der Waals surface area (Å²) in [5.74, 6) is 0.156. The van der Waals surface area contributed by atoms with Gasteiger partial charge in [-0.3, -0.25) is 0 Å². The number of pyridine rings is 1. The first-order valence-corrected chi connectivity index (χ1v) is 5.36. The second-order valence-corrected chi connectivity index (χ2v) is 4.08. The third-order valence-corrected chi connectivity index (χ3v) is 2.71. The van der Waals surface area contributed by atoms with E-state index in [9.17, 15) is 4.39 Å². The van der Waals surface area contributed by atoms with Gasteiger partial charge in [-0.25, -0.2) is 9.97 Å². The summed E-state index contributed by atoms with van der Waals surface area (Å²) in [5, 5.41) is 2.91. The van der Waals surface area contributed by atoms with Crippen LogP contribution < -0.4 is 4.90 Å². The van der Waals surface area contributed by atoms with Crippen molar-refractivity contribution in [3.63, 3.8) is 0 Å². The minimum absolute atomic E-state index is 0.460. The van der Waals surface area contributed by atoms with Gasteiger partial charge in [-0.05, 0) is 12.1 Å². The molecule has 2 aromatic rings. The lowest BCUT2D eigenvalue weighted by Crippen LogP contribution is -2.17. The number of hydrogen-bond acceptors (Lipinski definition) is 4. The van der Waals surface area contributed by atoms with Crippen LogP contribution in [0.2, 0.25) is 0 Å². The van der Waals surface area contributed by atoms with Crippen LogP contribution in [0.1, 0.15) is 5.01 Å².